The maximum atomic E-state index is 13.1. The Morgan fingerprint density at radius 2 is 1.77 bits per heavy atom. The summed E-state index contributed by atoms with van der Waals surface area (Å²) in [5, 5.41) is 9.67. The highest BCUT2D eigenvalue weighted by molar-refractivity contribution is 9.12. The summed E-state index contributed by atoms with van der Waals surface area (Å²) < 4.78 is 16.2. The summed E-state index contributed by atoms with van der Waals surface area (Å²) in [5.41, 5.74) is -0.947. The average molecular weight is 484 g/mol. The summed E-state index contributed by atoms with van der Waals surface area (Å²) in [7, 11) is 1.26. The maximum Gasteiger partial charge on any atom is 0.344 e. The zero-order chi connectivity index (χ0) is 22.6. The van der Waals surface area contributed by atoms with Crippen LogP contribution in [0.1, 0.15) is 31.9 Å². The first-order valence-electron chi connectivity index (χ1n) is 9.63. The summed E-state index contributed by atoms with van der Waals surface area (Å²) >= 11 is 3.17. The molecule has 0 amide bonds. The molecule has 0 bridgehead atoms. The number of esters is 2. The van der Waals surface area contributed by atoms with E-state index in [9.17, 15) is 14.9 Å². The van der Waals surface area contributed by atoms with Crippen LogP contribution < -0.4 is 4.74 Å². The highest BCUT2D eigenvalue weighted by Gasteiger charge is 2.66. The molecule has 0 N–H and O–H groups in total. The van der Waals surface area contributed by atoms with Crippen molar-refractivity contribution >= 4 is 27.9 Å². The minimum atomic E-state index is -1.12. The molecular formula is C24H22BrNO5. The molecule has 0 spiro atoms. The minimum absolute atomic E-state index is 0.143. The quantitative estimate of drug-likeness (QED) is 0.384. The van der Waals surface area contributed by atoms with E-state index >= 15 is 0 Å². The molecule has 31 heavy (non-hydrogen) atoms. The second-order valence-electron chi connectivity index (χ2n) is 7.92. The summed E-state index contributed by atoms with van der Waals surface area (Å²) in [6, 6.07) is 18.1. The van der Waals surface area contributed by atoms with Gasteiger partial charge in [-0.25, -0.2) is 4.79 Å². The molecule has 160 valence electrons. The fourth-order valence-corrected chi connectivity index (χ4v) is 3.98. The SMILES string of the molecule is COC(=O)C(Br)=C[C@]1(C(=O)O[C@H](C#N)c2cccc(Oc3ccccc3)c2)CC1(C)C. The van der Waals surface area contributed by atoms with Crippen molar-refractivity contribution in [3.05, 3.63) is 70.7 Å². The molecule has 1 aliphatic carbocycles. The van der Waals surface area contributed by atoms with Crippen molar-refractivity contribution in [1.82, 2.24) is 0 Å². The smallest absolute Gasteiger partial charge is 0.344 e. The van der Waals surface area contributed by atoms with E-state index in [1.807, 2.05) is 50.2 Å². The van der Waals surface area contributed by atoms with Crippen LogP contribution in [0.25, 0.3) is 0 Å². The Balaban J connectivity index is 1.81. The fourth-order valence-electron chi connectivity index (χ4n) is 3.43. The Kier molecular flexibility index (Phi) is 6.51. The van der Waals surface area contributed by atoms with Gasteiger partial charge in [-0.1, -0.05) is 44.2 Å². The Bertz CT molecular complexity index is 1060. The number of nitriles is 1. The van der Waals surface area contributed by atoms with Gasteiger partial charge >= 0.3 is 11.9 Å². The average Bonchev–Trinajstić information content (AvgIpc) is 3.33. The van der Waals surface area contributed by atoms with E-state index in [1.165, 1.54) is 13.2 Å². The van der Waals surface area contributed by atoms with E-state index in [0.717, 1.165) is 0 Å². The van der Waals surface area contributed by atoms with Gasteiger partial charge in [-0.3, -0.25) is 4.79 Å². The van der Waals surface area contributed by atoms with Gasteiger partial charge in [-0.05, 0) is 58.1 Å². The number of rotatable bonds is 7. The van der Waals surface area contributed by atoms with Gasteiger partial charge in [0.15, 0.2) is 0 Å². The van der Waals surface area contributed by atoms with Gasteiger partial charge in [0.2, 0.25) is 6.10 Å². The zero-order valence-corrected chi connectivity index (χ0v) is 19.0. The molecule has 0 unspecified atom stereocenters. The van der Waals surface area contributed by atoms with E-state index < -0.39 is 28.9 Å². The van der Waals surface area contributed by atoms with Gasteiger partial charge in [0.1, 0.15) is 17.6 Å². The number of hydrogen-bond donors (Lipinski definition) is 0. The lowest BCUT2D eigenvalue weighted by Crippen LogP contribution is -2.24. The number of benzene rings is 2. The highest BCUT2D eigenvalue weighted by Crippen LogP contribution is 2.66. The lowest BCUT2D eigenvalue weighted by molar-refractivity contribution is -0.152. The molecular weight excluding hydrogens is 462 g/mol. The molecule has 3 rings (SSSR count). The molecule has 0 aromatic heterocycles. The monoisotopic (exact) mass is 483 g/mol. The maximum absolute atomic E-state index is 13.1. The summed E-state index contributed by atoms with van der Waals surface area (Å²) in [6.07, 6.45) is 0.885. The second-order valence-corrected chi connectivity index (χ2v) is 8.77. The Morgan fingerprint density at radius 1 is 1.13 bits per heavy atom. The van der Waals surface area contributed by atoms with Gasteiger partial charge in [0.25, 0.3) is 0 Å². The summed E-state index contributed by atoms with van der Waals surface area (Å²) in [5.74, 6) is 0.0215. The fraction of sp³-hybridized carbons (Fsp3) is 0.292. The number of nitrogens with zero attached hydrogens (tertiary/aromatic N) is 1. The zero-order valence-electron chi connectivity index (χ0n) is 17.4. The highest BCUT2D eigenvalue weighted by atomic mass is 79.9. The first-order chi connectivity index (χ1) is 14.7. The topological polar surface area (TPSA) is 85.6 Å². The van der Waals surface area contributed by atoms with E-state index in [-0.39, 0.29) is 4.48 Å². The van der Waals surface area contributed by atoms with E-state index in [4.69, 9.17) is 14.2 Å². The first kappa shape index (κ1) is 22.6. The normalized spacial score (nSPS) is 20.2. The predicted molar refractivity (Wildman–Crippen MR) is 117 cm³/mol. The van der Waals surface area contributed by atoms with Crippen LogP contribution in [0.15, 0.2) is 65.2 Å². The number of methoxy groups -OCH3 is 1. The molecule has 1 saturated carbocycles. The van der Waals surface area contributed by atoms with Crippen LogP contribution in [-0.2, 0) is 19.1 Å². The second kappa shape index (κ2) is 8.94. The van der Waals surface area contributed by atoms with Crippen molar-refractivity contribution in [2.75, 3.05) is 7.11 Å². The van der Waals surface area contributed by atoms with Gasteiger partial charge in [-0.15, -0.1) is 0 Å². The third-order valence-corrected chi connectivity index (χ3v) is 5.96. The van der Waals surface area contributed by atoms with Gasteiger partial charge in [0.05, 0.1) is 17.0 Å². The Hall–Kier alpha value is -3.11. The minimum Gasteiger partial charge on any atom is -0.465 e. The number of halogens is 1. The predicted octanol–water partition coefficient (Wildman–Crippen LogP) is 5.45. The standard InChI is InChI=1S/C24H22BrNO5/c1-23(2)15-24(23,13-19(25)21(27)29-3)22(28)31-20(14-26)16-8-7-11-18(12-16)30-17-9-5-4-6-10-17/h4-13,20H,15H2,1-3H3/t20-,24-/m1/s1. The van der Waals surface area contributed by atoms with Crippen LogP contribution in [0.2, 0.25) is 0 Å². The van der Waals surface area contributed by atoms with Crippen molar-refractivity contribution in [2.24, 2.45) is 10.8 Å². The molecule has 7 heteroatoms. The van der Waals surface area contributed by atoms with Crippen molar-refractivity contribution in [2.45, 2.75) is 26.4 Å². The lowest BCUT2D eigenvalue weighted by Gasteiger charge is -2.19. The third kappa shape index (κ3) is 4.80. The molecule has 2 aromatic rings. The van der Waals surface area contributed by atoms with E-state index in [1.54, 1.807) is 24.3 Å². The number of hydrogen-bond acceptors (Lipinski definition) is 6. The number of para-hydroxylation sites is 1. The lowest BCUT2D eigenvalue weighted by atomic mass is 9.95. The Morgan fingerprint density at radius 3 is 2.35 bits per heavy atom. The van der Waals surface area contributed by atoms with Crippen LogP contribution >= 0.6 is 15.9 Å². The van der Waals surface area contributed by atoms with Crippen LogP contribution in [-0.4, -0.2) is 19.0 Å². The van der Waals surface area contributed by atoms with E-state index in [2.05, 4.69) is 15.9 Å². The van der Waals surface area contributed by atoms with Crippen molar-refractivity contribution in [3.63, 3.8) is 0 Å². The number of carbonyl (C=O) groups excluding carboxylic acids is 2. The molecule has 2 aromatic carbocycles. The Labute approximate surface area is 189 Å². The molecule has 0 radical (unpaired) electrons. The van der Waals surface area contributed by atoms with Crippen molar-refractivity contribution in [1.29, 1.82) is 5.26 Å². The molecule has 6 nitrogen and oxygen atoms in total. The van der Waals surface area contributed by atoms with Crippen molar-refractivity contribution in [3.8, 4) is 17.6 Å². The molecule has 0 aliphatic heterocycles. The molecule has 2 atom stereocenters. The van der Waals surface area contributed by atoms with E-state index in [0.29, 0.717) is 23.5 Å². The van der Waals surface area contributed by atoms with Gasteiger partial charge in [0, 0.05) is 5.56 Å². The molecule has 0 saturated heterocycles. The number of carbonyl (C=O) groups is 2. The third-order valence-electron chi connectivity index (χ3n) is 5.40. The largest absolute Gasteiger partial charge is 0.465 e. The van der Waals surface area contributed by atoms with Crippen LogP contribution in [0.4, 0.5) is 0 Å². The molecule has 1 aliphatic rings. The molecule has 0 heterocycles. The van der Waals surface area contributed by atoms with Crippen molar-refractivity contribution < 1.29 is 23.8 Å². The molecule has 1 fully saturated rings. The van der Waals surface area contributed by atoms with Gasteiger partial charge < -0.3 is 14.2 Å². The van der Waals surface area contributed by atoms with Crippen LogP contribution in [0.3, 0.4) is 0 Å². The number of ether oxygens (including phenoxy) is 3. The summed E-state index contributed by atoms with van der Waals surface area (Å²) in [6.45, 7) is 3.80. The van der Waals surface area contributed by atoms with Gasteiger partial charge in [-0.2, -0.15) is 5.26 Å². The van der Waals surface area contributed by atoms with Crippen LogP contribution in [0, 0.1) is 22.2 Å². The summed E-state index contributed by atoms with van der Waals surface area (Å²) in [4.78, 5) is 24.9. The van der Waals surface area contributed by atoms with Crippen LogP contribution in [0.5, 0.6) is 11.5 Å². The first-order valence-corrected chi connectivity index (χ1v) is 10.4.